The molecule has 0 unspecified atom stereocenters. The number of hydrogen-bond donors (Lipinski definition) is 0. The van der Waals surface area contributed by atoms with E-state index in [0.717, 1.165) is 5.56 Å². The van der Waals surface area contributed by atoms with Gasteiger partial charge in [0, 0.05) is 0 Å². The van der Waals surface area contributed by atoms with Crippen molar-refractivity contribution in [3.63, 3.8) is 0 Å². The van der Waals surface area contributed by atoms with Crippen LogP contribution in [0.5, 0.6) is 11.5 Å². The molecule has 7 nitrogen and oxygen atoms in total. The fraction of sp³-hybridized carbons (Fsp3) is 0.240. The molecular weight excluding hydrogens is 478 g/mol. The normalized spacial score (nSPS) is 15.6. The van der Waals surface area contributed by atoms with Gasteiger partial charge in [-0.25, -0.2) is 9.79 Å². The highest BCUT2D eigenvalue weighted by Crippen LogP contribution is 2.31. The van der Waals surface area contributed by atoms with Crippen LogP contribution in [0.4, 0.5) is 8.78 Å². The molecule has 0 N–H and O–H groups in total. The van der Waals surface area contributed by atoms with Crippen LogP contribution in [0.1, 0.15) is 31.0 Å². The van der Waals surface area contributed by atoms with Gasteiger partial charge in [0.25, 0.3) is 5.56 Å². The molecule has 0 radical (unpaired) electrons. The Labute approximate surface area is 203 Å². The molecule has 1 aliphatic rings. The molecule has 1 aromatic heterocycles. The SMILES string of the molecule is CCOC(=O)C1=C(C)N=c2s/c(=C/c3ccc(OC)cc3)c(=O)n2[C@H]1c1ccc(OC(F)F)cc1. The number of carbonyl (C=O) groups is 1. The van der Waals surface area contributed by atoms with Crippen LogP contribution in [-0.2, 0) is 9.53 Å². The molecule has 0 saturated carbocycles. The Balaban J connectivity index is 1.87. The number of aromatic nitrogens is 1. The number of allylic oxidation sites excluding steroid dienone is 1. The average Bonchev–Trinajstić information content (AvgIpc) is 3.13. The van der Waals surface area contributed by atoms with Crippen molar-refractivity contribution in [3.8, 4) is 11.5 Å². The minimum absolute atomic E-state index is 0.0333. The van der Waals surface area contributed by atoms with Crippen LogP contribution >= 0.6 is 11.3 Å². The molecule has 0 amide bonds. The zero-order chi connectivity index (χ0) is 25.1. The number of fused-ring (bicyclic) bond motifs is 1. The highest BCUT2D eigenvalue weighted by molar-refractivity contribution is 7.07. The van der Waals surface area contributed by atoms with Gasteiger partial charge in [-0.05, 0) is 55.3 Å². The summed E-state index contributed by atoms with van der Waals surface area (Å²) in [5.41, 5.74) is 1.61. The van der Waals surface area contributed by atoms with Gasteiger partial charge in [0.2, 0.25) is 0 Å². The number of benzene rings is 2. The Morgan fingerprint density at radius 2 is 1.80 bits per heavy atom. The fourth-order valence-electron chi connectivity index (χ4n) is 3.79. The molecule has 0 spiro atoms. The van der Waals surface area contributed by atoms with Crippen LogP contribution in [0, 0.1) is 0 Å². The smallest absolute Gasteiger partial charge is 0.387 e. The third-order valence-electron chi connectivity index (χ3n) is 5.35. The highest BCUT2D eigenvalue weighted by atomic mass is 32.1. The number of thiazole rings is 1. The first-order valence-electron chi connectivity index (χ1n) is 10.7. The largest absolute Gasteiger partial charge is 0.497 e. The van der Waals surface area contributed by atoms with Crippen molar-refractivity contribution in [2.45, 2.75) is 26.5 Å². The lowest BCUT2D eigenvalue weighted by atomic mass is 9.96. The van der Waals surface area contributed by atoms with Gasteiger partial charge in [-0.2, -0.15) is 8.78 Å². The molecule has 2 heterocycles. The first-order chi connectivity index (χ1) is 16.8. The fourth-order valence-corrected chi connectivity index (χ4v) is 4.84. The molecule has 1 aliphatic heterocycles. The van der Waals surface area contributed by atoms with Crippen LogP contribution in [0.2, 0.25) is 0 Å². The van der Waals surface area contributed by atoms with Crippen molar-refractivity contribution in [1.82, 2.24) is 4.57 Å². The van der Waals surface area contributed by atoms with Crippen molar-refractivity contribution >= 4 is 23.4 Å². The van der Waals surface area contributed by atoms with Crippen molar-refractivity contribution in [2.75, 3.05) is 13.7 Å². The van der Waals surface area contributed by atoms with Crippen LogP contribution < -0.4 is 24.4 Å². The number of hydrogen-bond acceptors (Lipinski definition) is 7. The molecule has 182 valence electrons. The maximum atomic E-state index is 13.5. The quantitative estimate of drug-likeness (QED) is 0.465. The van der Waals surface area contributed by atoms with Crippen molar-refractivity contribution in [1.29, 1.82) is 0 Å². The second kappa shape index (κ2) is 10.2. The second-order valence-corrected chi connectivity index (χ2v) is 8.53. The van der Waals surface area contributed by atoms with Crippen molar-refractivity contribution in [2.24, 2.45) is 4.99 Å². The van der Waals surface area contributed by atoms with E-state index in [1.54, 1.807) is 51.3 Å². The molecular formula is C25H22F2N2O5S. The van der Waals surface area contributed by atoms with Gasteiger partial charge in [0.05, 0.1) is 35.6 Å². The number of halogens is 2. The van der Waals surface area contributed by atoms with Gasteiger partial charge < -0.3 is 14.2 Å². The van der Waals surface area contributed by atoms with Crippen LogP contribution in [0.25, 0.3) is 6.08 Å². The molecule has 2 aromatic carbocycles. The lowest BCUT2D eigenvalue weighted by Gasteiger charge is -2.24. The number of rotatable bonds is 7. The zero-order valence-electron chi connectivity index (χ0n) is 19.2. The number of ether oxygens (including phenoxy) is 3. The second-order valence-electron chi connectivity index (χ2n) is 7.52. The third kappa shape index (κ3) is 5.02. The molecule has 3 aromatic rings. The Bertz CT molecular complexity index is 1440. The summed E-state index contributed by atoms with van der Waals surface area (Å²) in [6, 6.07) is 12.2. The minimum atomic E-state index is -2.96. The van der Waals surface area contributed by atoms with E-state index in [-0.39, 0.29) is 23.5 Å². The lowest BCUT2D eigenvalue weighted by molar-refractivity contribution is -0.139. The van der Waals surface area contributed by atoms with E-state index in [9.17, 15) is 18.4 Å². The summed E-state index contributed by atoms with van der Waals surface area (Å²) in [4.78, 5) is 31.3. The summed E-state index contributed by atoms with van der Waals surface area (Å²) in [5.74, 6) is 0.0581. The first kappa shape index (κ1) is 24.3. The van der Waals surface area contributed by atoms with E-state index in [1.165, 1.54) is 28.0 Å². The molecule has 4 rings (SSSR count). The summed E-state index contributed by atoms with van der Waals surface area (Å²) >= 11 is 1.19. The van der Waals surface area contributed by atoms with E-state index in [2.05, 4.69) is 9.73 Å². The van der Waals surface area contributed by atoms with Crippen molar-refractivity contribution in [3.05, 3.63) is 90.6 Å². The maximum Gasteiger partial charge on any atom is 0.387 e. The zero-order valence-corrected chi connectivity index (χ0v) is 20.0. The molecule has 0 bridgehead atoms. The molecule has 35 heavy (non-hydrogen) atoms. The minimum Gasteiger partial charge on any atom is -0.497 e. The van der Waals surface area contributed by atoms with Gasteiger partial charge in [0.1, 0.15) is 11.5 Å². The molecule has 10 heteroatoms. The summed E-state index contributed by atoms with van der Waals surface area (Å²) in [6.45, 7) is 0.539. The Morgan fingerprint density at radius 1 is 1.14 bits per heavy atom. The van der Waals surface area contributed by atoms with Gasteiger partial charge in [-0.1, -0.05) is 35.6 Å². The van der Waals surface area contributed by atoms with Crippen molar-refractivity contribution < 1.29 is 27.8 Å². The Hall–Kier alpha value is -3.79. The van der Waals surface area contributed by atoms with E-state index in [4.69, 9.17) is 9.47 Å². The molecule has 0 fully saturated rings. The van der Waals surface area contributed by atoms with E-state index >= 15 is 0 Å². The summed E-state index contributed by atoms with van der Waals surface area (Å²) < 4.78 is 41.9. The number of esters is 1. The number of alkyl halides is 2. The van der Waals surface area contributed by atoms with Crippen LogP contribution in [0.15, 0.2) is 69.6 Å². The summed E-state index contributed by atoms with van der Waals surface area (Å²) in [6.07, 6.45) is 1.74. The molecule has 1 atom stereocenters. The van der Waals surface area contributed by atoms with Gasteiger partial charge in [-0.15, -0.1) is 0 Å². The predicted octanol–water partition coefficient (Wildman–Crippen LogP) is 3.41. The van der Waals surface area contributed by atoms with E-state index in [0.29, 0.717) is 26.3 Å². The average molecular weight is 501 g/mol. The topological polar surface area (TPSA) is 79.1 Å². The van der Waals surface area contributed by atoms with Gasteiger partial charge >= 0.3 is 12.6 Å². The monoisotopic (exact) mass is 500 g/mol. The number of carbonyl (C=O) groups excluding carboxylic acids is 1. The van der Waals surface area contributed by atoms with Gasteiger partial charge in [-0.3, -0.25) is 9.36 Å². The Kier molecular flexibility index (Phi) is 7.11. The number of nitrogens with zero attached hydrogens (tertiary/aromatic N) is 2. The highest BCUT2D eigenvalue weighted by Gasteiger charge is 2.33. The molecule has 0 aliphatic carbocycles. The number of methoxy groups -OCH3 is 1. The first-order valence-corrected chi connectivity index (χ1v) is 11.5. The van der Waals surface area contributed by atoms with Crippen LogP contribution in [-0.4, -0.2) is 30.9 Å². The summed E-state index contributed by atoms with van der Waals surface area (Å²) in [5, 5.41) is 0. The van der Waals surface area contributed by atoms with E-state index in [1.807, 2.05) is 12.1 Å². The standard InChI is InChI=1S/C25H22F2N2O5S/c1-4-33-23(31)20-14(2)28-25-29(21(20)16-7-11-18(12-8-16)34-24(26)27)22(30)19(35-25)13-15-5-9-17(32-3)10-6-15/h5-13,21,24H,4H2,1-3H3/b19-13+/t21-/m0/s1. The molecule has 0 saturated heterocycles. The van der Waals surface area contributed by atoms with Gasteiger partial charge in [0.15, 0.2) is 4.80 Å². The van der Waals surface area contributed by atoms with Crippen LogP contribution in [0.3, 0.4) is 0 Å². The maximum absolute atomic E-state index is 13.5. The van der Waals surface area contributed by atoms with E-state index < -0.39 is 18.6 Å². The summed E-state index contributed by atoms with van der Waals surface area (Å²) in [7, 11) is 1.57. The third-order valence-corrected chi connectivity index (χ3v) is 6.33. The Morgan fingerprint density at radius 3 is 2.40 bits per heavy atom. The predicted molar refractivity (Wildman–Crippen MR) is 126 cm³/mol. The lowest BCUT2D eigenvalue weighted by Crippen LogP contribution is -2.39.